The Morgan fingerprint density at radius 2 is 1.60 bits per heavy atom. The van der Waals surface area contributed by atoms with E-state index in [9.17, 15) is 9.59 Å². The molecule has 0 bridgehead atoms. The van der Waals surface area contributed by atoms with E-state index in [0.29, 0.717) is 49.9 Å². The molecule has 0 saturated carbocycles. The number of fused-ring (bicyclic) bond motifs is 1. The number of carbonyl (C=O) groups is 2. The minimum Gasteiger partial charge on any atom is -0.494 e. The van der Waals surface area contributed by atoms with Crippen molar-refractivity contribution in [3.05, 3.63) is 108 Å². The van der Waals surface area contributed by atoms with Gasteiger partial charge in [-0.05, 0) is 62.7 Å². The molecule has 45 heavy (non-hydrogen) atoms. The van der Waals surface area contributed by atoms with Gasteiger partial charge in [-0.3, -0.25) is 14.2 Å². The number of anilines is 1. The third-order valence-electron chi connectivity index (χ3n) is 8.08. The van der Waals surface area contributed by atoms with Gasteiger partial charge in [0, 0.05) is 50.0 Å². The van der Waals surface area contributed by atoms with E-state index < -0.39 is 0 Å². The van der Waals surface area contributed by atoms with Crippen molar-refractivity contribution in [1.29, 1.82) is 0 Å². The highest BCUT2D eigenvalue weighted by Gasteiger charge is 2.28. The zero-order chi connectivity index (χ0) is 31.5. The van der Waals surface area contributed by atoms with Crippen LogP contribution >= 0.6 is 0 Å². The molecule has 1 aliphatic heterocycles. The molecule has 0 atom stereocenters. The van der Waals surface area contributed by atoms with Crippen molar-refractivity contribution in [3.8, 4) is 22.8 Å². The van der Waals surface area contributed by atoms with E-state index in [1.165, 1.54) is 0 Å². The number of rotatable bonds is 8. The fourth-order valence-electron chi connectivity index (χ4n) is 5.80. The summed E-state index contributed by atoms with van der Waals surface area (Å²) < 4.78 is 7.72. The first-order valence-electron chi connectivity index (χ1n) is 15.6. The molecule has 1 aliphatic rings. The van der Waals surface area contributed by atoms with Crippen molar-refractivity contribution in [3.63, 3.8) is 0 Å². The van der Waals surface area contributed by atoms with Crippen molar-refractivity contribution in [2.75, 3.05) is 37.7 Å². The van der Waals surface area contributed by atoms with Gasteiger partial charge in [0.1, 0.15) is 17.3 Å². The summed E-state index contributed by atoms with van der Waals surface area (Å²) in [6, 6.07) is 28.2. The fourth-order valence-corrected chi connectivity index (χ4v) is 5.80. The lowest BCUT2D eigenvalue weighted by Crippen LogP contribution is -2.49. The third kappa shape index (κ3) is 6.41. The van der Waals surface area contributed by atoms with Gasteiger partial charge in [0.05, 0.1) is 23.5 Å². The molecule has 0 radical (unpaired) electrons. The number of amides is 2. The predicted octanol–water partition coefficient (Wildman–Crippen LogP) is 6.50. The lowest BCUT2D eigenvalue weighted by atomic mass is 10.0. The topological polar surface area (TPSA) is 79.7 Å². The standard InChI is InChI=1S/C37H39N5O3/c1-5-45-31-12-8-11-30(23-31)42-24-33(39-35(42)27-15-13-26(4)14-16-27)37(44)41-19-17-40(18-20-41)34-22-29-10-7-6-9-28(29)21-32(34)36(43)38-25(2)3/h6-16,21-25H,5,17-20H2,1-4H3,(H,38,43). The van der Waals surface area contributed by atoms with Crippen molar-refractivity contribution >= 4 is 28.3 Å². The minimum atomic E-state index is -0.112. The van der Waals surface area contributed by atoms with Gasteiger partial charge in [-0.1, -0.05) is 60.2 Å². The Labute approximate surface area is 264 Å². The maximum Gasteiger partial charge on any atom is 0.274 e. The number of hydrogen-bond donors (Lipinski definition) is 1. The zero-order valence-electron chi connectivity index (χ0n) is 26.3. The zero-order valence-corrected chi connectivity index (χ0v) is 26.3. The Morgan fingerprint density at radius 3 is 2.29 bits per heavy atom. The molecular formula is C37H39N5O3. The number of aryl methyl sites for hydroxylation is 1. The van der Waals surface area contributed by atoms with E-state index in [4.69, 9.17) is 9.72 Å². The number of piperazine rings is 1. The number of benzene rings is 4. The summed E-state index contributed by atoms with van der Waals surface area (Å²) in [7, 11) is 0. The van der Waals surface area contributed by atoms with E-state index in [1.807, 2.05) is 116 Å². The molecule has 0 unspecified atom stereocenters. The molecule has 1 aromatic heterocycles. The number of hydrogen-bond acceptors (Lipinski definition) is 5. The number of aromatic nitrogens is 2. The Bertz CT molecular complexity index is 1840. The van der Waals surface area contributed by atoms with E-state index >= 15 is 0 Å². The first-order chi connectivity index (χ1) is 21.8. The van der Waals surface area contributed by atoms with Crippen LogP contribution in [0.5, 0.6) is 5.75 Å². The number of imidazole rings is 1. The maximum absolute atomic E-state index is 13.9. The van der Waals surface area contributed by atoms with Crippen LogP contribution in [-0.4, -0.2) is 65.1 Å². The average Bonchev–Trinajstić information content (AvgIpc) is 3.50. The molecule has 1 N–H and O–H groups in total. The van der Waals surface area contributed by atoms with Crippen LogP contribution in [0.4, 0.5) is 5.69 Å². The molecule has 5 aromatic rings. The first-order valence-corrected chi connectivity index (χ1v) is 15.6. The van der Waals surface area contributed by atoms with Gasteiger partial charge in [0.25, 0.3) is 11.8 Å². The van der Waals surface area contributed by atoms with E-state index in [-0.39, 0.29) is 17.9 Å². The van der Waals surface area contributed by atoms with Gasteiger partial charge in [0.2, 0.25) is 0 Å². The van der Waals surface area contributed by atoms with Crippen molar-refractivity contribution in [2.45, 2.75) is 33.7 Å². The summed E-state index contributed by atoms with van der Waals surface area (Å²) in [5, 5.41) is 5.15. The third-order valence-corrected chi connectivity index (χ3v) is 8.08. The first kappa shape index (κ1) is 29.9. The maximum atomic E-state index is 13.9. The summed E-state index contributed by atoms with van der Waals surface area (Å²) in [4.78, 5) is 36.1. The molecule has 1 saturated heterocycles. The van der Waals surface area contributed by atoms with Crippen LogP contribution in [0.25, 0.3) is 27.8 Å². The van der Waals surface area contributed by atoms with Gasteiger partial charge in [-0.25, -0.2) is 4.98 Å². The predicted molar refractivity (Wildman–Crippen MR) is 180 cm³/mol. The lowest BCUT2D eigenvalue weighted by molar-refractivity contribution is 0.0740. The monoisotopic (exact) mass is 601 g/mol. The van der Waals surface area contributed by atoms with Crippen LogP contribution in [0.3, 0.4) is 0 Å². The van der Waals surface area contributed by atoms with Crippen LogP contribution in [0.2, 0.25) is 0 Å². The highest BCUT2D eigenvalue weighted by atomic mass is 16.5. The second kappa shape index (κ2) is 12.9. The molecule has 8 nitrogen and oxygen atoms in total. The molecule has 230 valence electrons. The fraction of sp³-hybridized carbons (Fsp3) is 0.270. The molecule has 8 heteroatoms. The van der Waals surface area contributed by atoms with Crippen LogP contribution in [-0.2, 0) is 0 Å². The molecule has 6 rings (SSSR count). The number of carbonyl (C=O) groups excluding carboxylic acids is 2. The Morgan fingerprint density at radius 1 is 0.889 bits per heavy atom. The van der Waals surface area contributed by atoms with Crippen LogP contribution in [0, 0.1) is 6.92 Å². The average molecular weight is 602 g/mol. The SMILES string of the molecule is CCOc1cccc(-n2cc(C(=O)N3CCN(c4cc5ccccc5cc4C(=O)NC(C)C)CC3)nc2-c2ccc(C)cc2)c1. The summed E-state index contributed by atoms with van der Waals surface area (Å²) in [5.74, 6) is 1.26. The molecular weight excluding hydrogens is 562 g/mol. The number of nitrogens with one attached hydrogen (secondary N) is 1. The van der Waals surface area contributed by atoms with Crippen molar-refractivity contribution in [2.24, 2.45) is 0 Å². The Kier molecular flexibility index (Phi) is 8.56. The molecule has 4 aromatic carbocycles. The highest BCUT2D eigenvalue weighted by Crippen LogP contribution is 2.30. The van der Waals surface area contributed by atoms with Crippen LogP contribution in [0.1, 0.15) is 47.2 Å². The Balaban J connectivity index is 1.27. The summed E-state index contributed by atoms with van der Waals surface area (Å²) >= 11 is 0. The second-order valence-corrected chi connectivity index (χ2v) is 11.7. The highest BCUT2D eigenvalue weighted by molar-refractivity contribution is 6.05. The quantitative estimate of drug-likeness (QED) is 0.220. The minimum absolute atomic E-state index is 0.0255. The normalized spacial score (nSPS) is 13.4. The molecule has 2 amide bonds. The van der Waals surface area contributed by atoms with Gasteiger partial charge in [-0.15, -0.1) is 0 Å². The van der Waals surface area contributed by atoms with Gasteiger partial charge >= 0.3 is 0 Å². The summed E-state index contributed by atoms with van der Waals surface area (Å²) in [5.41, 5.74) is 4.88. The van der Waals surface area contributed by atoms with Gasteiger partial charge in [0.15, 0.2) is 0 Å². The second-order valence-electron chi connectivity index (χ2n) is 11.7. The summed E-state index contributed by atoms with van der Waals surface area (Å²) in [6.45, 7) is 10.7. The van der Waals surface area contributed by atoms with Crippen LogP contribution < -0.4 is 15.0 Å². The van der Waals surface area contributed by atoms with Gasteiger partial charge < -0.3 is 19.9 Å². The van der Waals surface area contributed by atoms with E-state index in [2.05, 4.69) is 22.3 Å². The number of nitrogens with zero attached hydrogens (tertiary/aromatic N) is 4. The largest absolute Gasteiger partial charge is 0.494 e. The Hall–Kier alpha value is -5.11. The van der Waals surface area contributed by atoms with Gasteiger partial charge in [-0.2, -0.15) is 0 Å². The van der Waals surface area contributed by atoms with Crippen molar-refractivity contribution < 1.29 is 14.3 Å². The summed E-state index contributed by atoms with van der Waals surface area (Å²) in [6.07, 6.45) is 1.83. The number of ether oxygens (including phenoxy) is 1. The van der Waals surface area contributed by atoms with Crippen LogP contribution in [0.15, 0.2) is 91.1 Å². The van der Waals surface area contributed by atoms with E-state index in [1.54, 1.807) is 0 Å². The molecule has 1 fully saturated rings. The smallest absolute Gasteiger partial charge is 0.274 e. The molecule has 0 spiro atoms. The van der Waals surface area contributed by atoms with E-state index in [0.717, 1.165) is 39.0 Å². The lowest BCUT2D eigenvalue weighted by Gasteiger charge is -2.36. The molecule has 0 aliphatic carbocycles. The molecule has 2 heterocycles. The van der Waals surface area contributed by atoms with Crippen molar-refractivity contribution in [1.82, 2.24) is 19.8 Å².